The number of halogens is 1. The summed E-state index contributed by atoms with van der Waals surface area (Å²) in [6.07, 6.45) is 4.84. The highest BCUT2D eigenvalue weighted by Gasteiger charge is 2.23. The van der Waals surface area contributed by atoms with Gasteiger partial charge in [0.05, 0.1) is 16.8 Å². The van der Waals surface area contributed by atoms with Crippen LogP contribution in [0, 0.1) is 0 Å². The molecule has 2 N–H and O–H groups in total. The van der Waals surface area contributed by atoms with Crippen molar-refractivity contribution in [1.29, 1.82) is 0 Å². The van der Waals surface area contributed by atoms with Gasteiger partial charge in [0.25, 0.3) is 0 Å². The van der Waals surface area contributed by atoms with Gasteiger partial charge in [-0.05, 0) is 31.5 Å². The molecule has 0 unspecified atom stereocenters. The standard InChI is InChI=1S/C13H14ClN5O/c14-9-3-1-4-10(12(9)19-8-15-7-17-19)18-13(20)11-5-2-6-16-11/h1,3-4,7-8,11,16H,2,5-6H2,(H,18,20)/t11-/m0/s1. The molecule has 1 atom stereocenters. The van der Waals surface area contributed by atoms with Crippen molar-refractivity contribution in [2.75, 3.05) is 11.9 Å². The molecule has 1 aromatic heterocycles. The number of anilines is 1. The fourth-order valence-electron chi connectivity index (χ4n) is 2.30. The summed E-state index contributed by atoms with van der Waals surface area (Å²) in [4.78, 5) is 16.1. The van der Waals surface area contributed by atoms with E-state index in [1.807, 2.05) is 0 Å². The molecule has 3 rings (SSSR count). The largest absolute Gasteiger partial charge is 0.323 e. The van der Waals surface area contributed by atoms with E-state index in [4.69, 9.17) is 11.6 Å². The second-order valence-corrected chi connectivity index (χ2v) is 5.02. The Labute approximate surface area is 121 Å². The van der Waals surface area contributed by atoms with E-state index in [0.717, 1.165) is 19.4 Å². The molecule has 0 bridgehead atoms. The minimum atomic E-state index is -0.141. The molecule has 7 heteroatoms. The van der Waals surface area contributed by atoms with Crippen molar-refractivity contribution in [2.24, 2.45) is 0 Å². The Morgan fingerprint density at radius 3 is 3.10 bits per heavy atom. The zero-order valence-corrected chi connectivity index (χ0v) is 11.5. The van der Waals surface area contributed by atoms with Gasteiger partial charge in [0, 0.05) is 0 Å². The summed E-state index contributed by atoms with van der Waals surface area (Å²) in [5.41, 5.74) is 1.25. The van der Waals surface area contributed by atoms with E-state index in [2.05, 4.69) is 20.7 Å². The average molecular weight is 292 g/mol. The third-order valence-corrected chi connectivity index (χ3v) is 3.57. The fourth-order valence-corrected chi connectivity index (χ4v) is 2.56. The molecule has 1 aliphatic rings. The van der Waals surface area contributed by atoms with Gasteiger partial charge in [-0.2, -0.15) is 5.10 Å². The number of nitrogens with one attached hydrogen (secondary N) is 2. The van der Waals surface area contributed by atoms with Crippen LogP contribution in [0.3, 0.4) is 0 Å². The van der Waals surface area contributed by atoms with Crippen molar-refractivity contribution in [3.63, 3.8) is 0 Å². The Morgan fingerprint density at radius 1 is 1.50 bits per heavy atom. The highest BCUT2D eigenvalue weighted by molar-refractivity contribution is 6.33. The molecule has 20 heavy (non-hydrogen) atoms. The zero-order valence-electron chi connectivity index (χ0n) is 10.7. The lowest BCUT2D eigenvalue weighted by Gasteiger charge is -2.15. The number of amides is 1. The van der Waals surface area contributed by atoms with Crippen LogP contribution in [-0.2, 0) is 4.79 Å². The van der Waals surface area contributed by atoms with Gasteiger partial charge in [-0.15, -0.1) is 0 Å². The fraction of sp³-hybridized carbons (Fsp3) is 0.308. The van der Waals surface area contributed by atoms with Crippen LogP contribution < -0.4 is 10.6 Å². The van der Waals surface area contributed by atoms with Crippen LogP contribution in [0.4, 0.5) is 5.69 Å². The lowest BCUT2D eigenvalue weighted by atomic mass is 10.2. The number of carbonyl (C=O) groups is 1. The predicted octanol–water partition coefficient (Wildman–Crippen LogP) is 1.61. The Balaban J connectivity index is 1.89. The van der Waals surface area contributed by atoms with Gasteiger partial charge in [-0.3, -0.25) is 4.79 Å². The van der Waals surface area contributed by atoms with Crippen LogP contribution in [0.25, 0.3) is 5.69 Å². The second-order valence-electron chi connectivity index (χ2n) is 4.61. The molecule has 1 fully saturated rings. The summed E-state index contributed by atoms with van der Waals surface area (Å²) in [5, 5.41) is 10.6. The van der Waals surface area contributed by atoms with Crippen LogP contribution >= 0.6 is 11.6 Å². The number of rotatable bonds is 3. The number of nitrogens with zero attached hydrogens (tertiary/aromatic N) is 3. The van der Waals surface area contributed by atoms with Gasteiger partial charge in [0.15, 0.2) is 0 Å². The topological polar surface area (TPSA) is 71.8 Å². The first kappa shape index (κ1) is 13.1. The Bertz CT molecular complexity index is 607. The van der Waals surface area contributed by atoms with Gasteiger partial charge in [-0.25, -0.2) is 9.67 Å². The van der Waals surface area contributed by atoms with E-state index in [9.17, 15) is 4.79 Å². The minimum absolute atomic E-state index is 0.0499. The quantitative estimate of drug-likeness (QED) is 0.901. The van der Waals surface area contributed by atoms with E-state index in [0.29, 0.717) is 16.4 Å². The minimum Gasteiger partial charge on any atom is -0.323 e. The molecule has 1 aliphatic heterocycles. The van der Waals surface area contributed by atoms with Crippen LogP contribution in [0.5, 0.6) is 0 Å². The van der Waals surface area contributed by atoms with Crippen molar-refractivity contribution in [3.05, 3.63) is 35.9 Å². The van der Waals surface area contributed by atoms with Crippen LogP contribution in [0.1, 0.15) is 12.8 Å². The first-order chi connectivity index (χ1) is 9.75. The van der Waals surface area contributed by atoms with E-state index < -0.39 is 0 Å². The summed E-state index contributed by atoms with van der Waals surface area (Å²) in [7, 11) is 0. The van der Waals surface area contributed by atoms with Gasteiger partial charge in [0.2, 0.25) is 5.91 Å². The molecule has 0 saturated carbocycles. The number of hydrogen-bond donors (Lipinski definition) is 2. The zero-order chi connectivity index (χ0) is 13.9. The predicted molar refractivity (Wildman–Crippen MR) is 76.0 cm³/mol. The van der Waals surface area contributed by atoms with Crippen molar-refractivity contribution in [2.45, 2.75) is 18.9 Å². The van der Waals surface area contributed by atoms with Crippen molar-refractivity contribution < 1.29 is 4.79 Å². The molecular formula is C13H14ClN5O. The lowest BCUT2D eigenvalue weighted by Crippen LogP contribution is -2.35. The summed E-state index contributed by atoms with van der Waals surface area (Å²) in [5.74, 6) is -0.0499. The molecule has 2 heterocycles. The molecule has 1 saturated heterocycles. The third-order valence-electron chi connectivity index (χ3n) is 3.27. The molecule has 0 aliphatic carbocycles. The Kier molecular flexibility index (Phi) is 3.66. The van der Waals surface area contributed by atoms with Gasteiger partial charge in [0.1, 0.15) is 18.3 Å². The molecule has 1 amide bonds. The second kappa shape index (κ2) is 5.60. The van der Waals surface area contributed by atoms with Crippen molar-refractivity contribution in [3.8, 4) is 5.69 Å². The van der Waals surface area contributed by atoms with Crippen molar-refractivity contribution in [1.82, 2.24) is 20.1 Å². The molecular weight excluding hydrogens is 278 g/mol. The summed E-state index contributed by atoms with van der Waals surface area (Å²) in [6.45, 7) is 0.879. The first-order valence-corrected chi connectivity index (χ1v) is 6.81. The number of carbonyl (C=O) groups excluding carboxylic acids is 1. The maximum absolute atomic E-state index is 12.2. The molecule has 1 aromatic carbocycles. The maximum atomic E-state index is 12.2. The smallest absolute Gasteiger partial charge is 0.241 e. The lowest BCUT2D eigenvalue weighted by molar-refractivity contribution is -0.117. The molecule has 0 spiro atoms. The number of aromatic nitrogens is 3. The van der Waals surface area contributed by atoms with Gasteiger partial charge >= 0.3 is 0 Å². The monoisotopic (exact) mass is 291 g/mol. The van der Waals surface area contributed by atoms with Crippen LogP contribution in [0.2, 0.25) is 5.02 Å². The molecule has 104 valence electrons. The third kappa shape index (κ3) is 2.52. The number of hydrogen-bond acceptors (Lipinski definition) is 4. The SMILES string of the molecule is O=C(Nc1cccc(Cl)c1-n1cncn1)[C@@H]1CCCN1. The normalized spacial score (nSPS) is 18.1. The van der Waals surface area contributed by atoms with E-state index in [1.54, 1.807) is 29.2 Å². The molecule has 6 nitrogen and oxygen atoms in total. The van der Waals surface area contributed by atoms with Crippen LogP contribution in [0.15, 0.2) is 30.9 Å². The number of benzene rings is 1. The highest BCUT2D eigenvalue weighted by atomic mass is 35.5. The highest BCUT2D eigenvalue weighted by Crippen LogP contribution is 2.28. The summed E-state index contributed by atoms with van der Waals surface area (Å²) < 4.78 is 1.54. The van der Waals surface area contributed by atoms with Gasteiger partial charge in [-0.1, -0.05) is 17.7 Å². The van der Waals surface area contributed by atoms with Gasteiger partial charge < -0.3 is 10.6 Å². The Morgan fingerprint density at radius 2 is 2.40 bits per heavy atom. The van der Waals surface area contributed by atoms with E-state index >= 15 is 0 Å². The summed E-state index contributed by atoms with van der Waals surface area (Å²) in [6, 6.07) is 5.20. The number of para-hydroxylation sites is 1. The average Bonchev–Trinajstić information content (AvgIpc) is 3.12. The Hall–Kier alpha value is -1.92. The summed E-state index contributed by atoms with van der Waals surface area (Å²) >= 11 is 6.21. The van der Waals surface area contributed by atoms with E-state index in [-0.39, 0.29) is 11.9 Å². The maximum Gasteiger partial charge on any atom is 0.241 e. The van der Waals surface area contributed by atoms with Crippen LogP contribution in [-0.4, -0.2) is 33.3 Å². The first-order valence-electron chi connectivity index (χ1n) is 6.43. The molecule has 0 radical (unpaired) electrons. The van der Waals surface area contributed by atoms with Crippen molar-refractivity contribution >= 4 is 23.2 Å². The molecule has 2 aromatic rings. The van der Waals surface area contributed by atoms with E-state index in [1.165, 1.54) is 6.33 Å².